The Balaban J connectivity index is -0.000000376. The average molecular weight is 231 g/mol. The summed E-state index contributed by atoms with van der Waals surface area (Å²) in [6.07, 6.45) is 3.46. The van der Waals surface area contributed by atoms with Crippen molar-refractivity contribution in [2.24, 2.45) is 5.92 Å². The summed E-state index contributed by atoms with van der Waals surface area (Å²) in [5.41, 5.74) is 0. The summed E-state index contributed by atoms with van der Waals surface area (Å²) in [5.74, 6) is 0.0846. The third kappa shape index (κ3) is 13.1. The molecule has 0 aliphatic rings. The molecular weight excluding hydrogens is 202 g/mol. The lowest BCUT2D eigenvalue weighted by Crippen LogP contribution is -2.31. The summed E-state index contributed by atoms with van der Waals surface area (Å²) < 4.78 is 0. The van der Waals surface area contributed by atoms with Crippen molar-refractivity contribution in [3.05, 3.63) is 0 Å². The Hall–Kier alpha value is -0.860. The molecule has 16 heavy (non-hydrogen) atoms. The molecule has 1 N–H and O–H groups in total. The zero-order valence-electron chi connectivity index (χ0n) is 11.8. The number of carbonyl (C=O) groups excluding carboxylic acids is 2. The first-order valence-electron chi connectivity index (χ1n) is 6.47. The zero-order chi connectivity index (χ0) is 13.4. The first-order valence-corrected chi connectivity index (χ1v) is 6.47. The van der Waals surface area contributed by atoms with Gasteiger partial charge in [-0.2, -0.15) is 0 Å². The molecule has 1 amide bonds. The third-order valence-corrected chi connectivity index (χ3v) is 1.86. The van der Waals surface area contributed by atoms with Crippen molar-refractivity contribution in [2.45, 2.75) is 60.8 Å². The van der Waals surface area contributed by atoms with Crippen LogP contribution in [0.3, 0.4) is 0 Å². The normalized spacial score (nSPS) is 9.88. The molecule has 0 heterocycles. The second-order valence-corrected chi connectivity index (χ2v) is 2.81. The van der Waals surface area contributed by atoms with Gasteiger partial charge in [0, 0.05) is 5.92 Å². The first kappa shape index (κ1) is 20.5. The van der Waals surface area contributed by atoms with Crippen LogP contribution in [0.25, 0.3) is 0 Å². The smallest absolute Gasteiger partial charge is 0.223 e. The second-order valence-electron chi connectivity index (χ2n) is 2.81. The maximum Gasteiger partial charge on any atom is 0.223 e. The van der Waals surface area contributed by atoms with E-state index in [0.717, 1.165) is 19.3 Å². The lowest BCUT2D eigenvalue weighted by atomic mass is 10.00. The van der Waals surface area contributed by atoms with Crippen LogP contribution in [0, 0.1) is 5.92 Å². The SMILES string of the molecule is CC.CC.CCCC(CC)C(=O)NCC=O. The number of amides is 1. The summed E-state index contributed by atoms with van der Waals surface area (Å²) >= 11 is 0. The van der Waals surface area contributed by atoms with Crippen LogP contribution in [0.1, 0.15) is 60.8 Å². The van der Waals surface area contributed by atoms with Gasteiger partial charge in [-0.25, -0.2) is 0 Å². The minimum absolute atomic E-state index is 0.00597. The van der Waals surface area contributed by atoms with Crippen molar-refractivity contribution >= 4 is 12.2 Å². The minimum Gasteiger partial charge on any atom is -0.349 e. The van der Waals surface area contributed by atoms with E-state index in [1.165, 1.54) is 0 Å². The van der Waals surface area contributed by atoms with Crippen molar-refractivity contribution in [1.29, 1.82) is 0 Å². The Labute approximate surface area is 101 Å². The second kappa shape index (κ2) is 19.7. The summed E-state index contributed by atoms with van der Waals surface area (Å²) in [6, 6.07) is 0. The average Bonchev–Trinajstić information content (AvgIpc) is 2.37. The first-order chi connectivity index (χ1) is 7.76. The molecule has 0 aliphatic heterocycles. The lowest BCUT2D eigenvalue weighted by molar-refractivity contribution is -0.126. The summed E-state index contributed by atoms with van der Waals surface area (Å²) in [7, 11) is 0. The molecule has 0 aliphatic carbocycles. The van der Waals surface area contributed by atoms with E-state index in [-0.39, 0.29) is 18.4 Å². The predicted octanol–water partition coefficient (Wildman–Crippen LogP) is 3.18. The minimum atomic E-state index is 0.00597. The van der Waals surface area contributed by atoms with E-state index in [1.54, 1.807) is 0 Å². The molecule has 0 aromatic rings. The molecule has 0 rings (SSSR count). The number of aldehydes is 1. The molecule has 98 valence electrons. The summed E-state index contributed by atoms with van der Waals surface area (Å²) in [6.45, 7) is 12.2. The standard InChI is InChI=1S/C9H17NO2.2C2H6/c1-3-5-8(4-2)9(12)10-6-7-11;2*1-2/h7-8H,3-6H2,1-2H3,(H,10,12);2*1-2H3. The van der Waals surface area contributed by atoms with E-state index in [4.69, 9.17) is 0 Å². The summed E-state index contributed by atoms with van der Waals surface area (Å²) in [4.78, 5) is 21.2. The fraction of sp³-hybridized carbons (Fsp3) is 0.846. The van der Waals surface area contributed by atoms with Gasteiger partial charge in [0.25, 0.3) is 0 Å². The van der Waals surface area contributed by atoms with E-state index in [0.29, 0.717) is 6.29 Å². The van der Waals surface area contributed by atoms with E-state index >= 15 is 0 Å². The highest BCUT2D eigenvalue weighted by Crippen LogP contribution is 2.09. The van der Waals surface area contributed by atoms with Gasteiger partial charge in [-0.15, -0.1) is 0 Å². The van der Waals surface area contributed by atoms with Crippen molar-refractivity contribution in [3.8, 4) is 0 Å². The quantitative estimate of drug-likeness (QED) is 0.714. The molecule has 3 heteroatoms. The predicted molar refractivity (Wildman–Crippen MR) is 70.5 cm³/mol. The van der Waals surface area contributed by atoms with E-state index in [1.807, 2.05) is 34.6 Å². The molecule has 3 nitrogen and oxygen atoms in total. The fourth-order valence-corrected chi connectivity index (χ4v) is 1.16. The van der Waals surface area contributed by atoms with Crippen LogP contribution in [0.2, 0.25) is 0 Å². The van der Waals surface area contributed by atoms with Crippen molar-refractivity contribution < 1.29 is 9.59 Å². The van der Waals surface area contributed by atoms with Gasteiger partial charge < -0.3 is 10.1 Å². The molecule has 0 saturated carbocycles. The highest BCUT2D eigenvalue weighted by atomic mass is 16.2. The van der Waals surface area contributed by atoms with Gasteiger partial charge in [-0.3, -0.25) is 4.79 Å². The number of rotatable bonds is 6. The van der Waals surface area contributed by atoms with Crippen LogP contribution in [-0.4, -0.2) is 18.7 Å². The fourth-order valence-electron chi connectivity index (χ4n) is 1.16. The van der Waals surface area contributed by atoms with Gasteiger partial charge in [0.05, 0.1) is 6.54 Å². The molecule has 0 bridgehead atoms. The van der Waals surface area contributed by atoms with Gasteiger partial charge in [-0.05, 0) is 12.8 Å². The van der Waals surface area contributed by atoms with Crippen molar-refractivity contribution in [3.63, 3.8) is 0 Å². The molecule has 0 saturated heterocycles. The molecule has 0 spiro atoms. The van der Waals surface area contributed by atoms with Crippen LogP contribution < -0.4 is 5.32 Å². The highest BCUT2D eigenvalue weighted by Gasteiger charge is 2.13. The molecule has 1 atom stereocenters. The Bertz CT molecular complexity index is 147. The molecular formula is C13H29NO2. The summed E-state index contributed by atoms with van der Waals surface area (Å²) in [5, 5.41) is 2.56. The number of hydrogen-bond donors (Lipinski definition) is 1. The highest BCUT2D eigenvalue weighted by molar-refractivity contribution is 5.80. The van der Waals surface area contributed by atoms with Crippen LogP contribution >= 0.6 is 0 Å². The lowest BCUT2D eigenvalue weighted by Gasteiger charge is -2.11. The maximum absolute atomic E-state index is 11.3. The van der Waals surface area contributed by atoms with Crippen molar-refractivity contribution in [2.75, 3.05) is 6.54 Å². The van der Waals surface area contributed by atoms with E-state index < -0.39 is 0 Å². The van der Waals surface area contributed by atoms with Gasteiger partial charge in [0.15, 0.2) is 0 Å². The molecule has 0 fully saturated rings. The van der Waals surface area contributed by atoms with Gasteiger partial charge in [-0.1, -0.05) is 48.0 Å². The van der Waals surface area contributed by atoms with E-state index in [9.17, 15) is 9.59 Å². The van der Waals surface area contributed by atoms with Gasteiger partial charge >= 0.3 is 0 Å². The monoisotopic (exact) mass is 231 g/mol. The number of carbonyl (C=O) groups is 2. The molecule has 0 aromatic heterocycles. The van der Waals surface area contributed by atoms with Crippen LogP contribution in [0.5, 0.6) is 0 Å². The number of nitrogens with one attached hydrogen (secondary N) is 1. The van der Waals surface area contributed by atoms with Gasteiger partial charge in [0.1, 0.15) is 6.29 Å². The Morgan fingerprint density at radius 1 is 1.19 bits per heavy atom. The molecule has 0 radical (unpaired) electrons. The maximum atomic E-state index is 11.3. The van der Waals surface area contributed by atoms with Crippen LogP contribution in [0.4, 0.5) is 0 Å². The third-order valence-electron chi connectivity index (χ3n) is 1.86. The van der Waals surface area contributed by atoms with Gasteiger partial charge in [0.2, 0.25) is 5.91 Å². The zero-order valence-corrected chi connectivity index (χ0v) is 11.8. The van der Waals surface area contributed by atoms with Crippen LogP contribution in [0.15, 0.2) is 0 Å². The van der Waals surface area contributed by atoms with E-state index in [2.05, 4.69) is 12.2 Å². The topological polar surface area (TPSA) is 46.2 Å². The largest absolute Gasteiger partial charge is 0.349 e. The van der Waals surface area contributed by atoms with Crippen molar-refractivity contribution in [1.82, 2.24) is 5.32 Å². The Morgan fingerprint density at radius 2 is 1.69 bits per heavy atom. The Kier molecular flexibility index (Phi) is 25.3. The van der Waals surface area contributed by atoms with Crippen LogP contribution in [-0.2, 0) is 9.59 Å². The molecule has 1 unspecified atom stereocenters. The Morgan fingerprint density at radius 3 is 2.00 bits per heavy atom. The number of hydrogen-bond acceptors (Lipinski definition) is 2. The molecule has 0 aromatic carbocycles.